The van der Waals surface area contributed by atoms with Crippen LogP contribution in [0, 0.1) is 15.9 Å². The number of rotatable bonds is 2. The highest BCUT2D eigenvalue weighted by molar-refractivity contribution is 5.64. The molecule has 0 bridgehead atoms. The molecule has 0 amide bonds. The van der Waals surface area contributed by atoms with E-state index in [1.807, 2.05) is 4.90 Å². The first-order valence-corrected chi connectivity index (χ1v) is 7.08. The number of fused-ring (bicyclic) bond motifs is 1. The van der Waals surface area contributed by atoms with Gasteiger partial charge >= 0.3 is 5.69 Å². The lowest BCUT2D eigenvalue weighted by molar-refractivity contribution is -0.386. The molecule has 3 rings (SSSR count). The van der Waals surface area contributed by atoms with Gasteiger partial charge in [-0.2, -0.15) is 4.39 Å². The lowest BCUT2D eigenvalue weighted by Crippen LogP contribution is -2.55. The molecule has 2 heterocycles. The third kappa shape index (κ3) is 2.35. The van der Waals surface area contributed by atoms with Crippen LogP contribution in [0.1, 0.15) is 19.3 Å². The van der Waals surface area contributed by atoms with E-state index < -0.39 is 16.4 Å². The van der Waals surface area contributed by atoms with Crippen molar-refractivity contribution in [2.24, 2.45) is 0 Å². The van der Waals surface area contributed by atoms with Crippen LogP contribution in [0.5, 0.6) is 0 Å². The SMILES string of the molecule is O=[N+]([O-])c1c(F)cccc1N1CCN2CCCC[C@H]2C1. The summed E-state index contributed by atoms with van der Waals surface area (Å²) in [7, 11) is 0. The van der Waals surface area contributed by atoms with Gasteiger partial charge in [0, 0.05) is 25.7 Å². The third-order valence-electron chi connectivity index (χ3n) is 4.33. The summed E-state index contributed by atoms with van der Waals surface area (Å²) in [6.07, 6.45) is 3.57. The van der Waals surface area contributed by atoms with Crippen LogP contribution in [-0.2, 0) is 0 Å². The summed E-state index contributed by atoms with van der Waals surface area (Å²) in [4.78, 5) is 14.9. The number of hydrogen-bond acceptors (Lipinski definition) is 4. The van der Waals surface area contributed by atoms with Crippen LogP contribution in [0.4, 0.5) is 15.8 Å². The standard InChI is InChI=1S/C14H18FN3O2/c15-12-5-3-6-13(14(12)18(19)20)17-9-8-16-7-2-1-4-11(16)10-17/h3,5-6,11H,1-2,4,7-10H2/t11-/m0/s1. The van der Waals surface area contributed by atoms with Crippen LogP contribution in [-0.4, -0.2) is 42.0 Å². The Morgan fingerprint density at radius 2 is 2.10 bits per heavy atom. The molecule has 108 valence electrons. The second kappa shape index (κ2) is 5.36. The third-order valence-corrected chi connectivity index (χ3v) is 4.33. The molecular formula is C14H18FN3O2. The topological polar surface area (TPSA) is 49.6 Å². The molecule has 0 aromatic heterocycles. The molecule has 2 fully saturated rings. The molecule has 1 aromatic rings. The van der Waals surface area contributed by atoms with Crippen molar-refractivity contribution < 1.29 is 9.31 Å². The maximum atomic E-state index is 13.7. The zero-order valence-corrected chi connectivity index (χ0v) is 11.3. The number of nitro benzene ring substituents is 1. The predicted octanol–water partition coefficient (Wildman–Crippen LogP) is 2.41. The van der Waals surface area contributed by atoms with Crippen molar-refractivity contribution in [3.8, 4) is 0 Å². The molecule has 0 saturated carbocycles. The monoisotopic (exact) mass is 279 g/mol. The van der Waals surface area contributed by atoms with Gasteiger partial charge in [-0.1, -0.05) is 12.5 Å². The molecule has 2 saturated heterocycles. The van der Waals surface area contributed by atoms with Crippen LogP contribution in [0.3, 0.4) is 0 Å². The lowest BCUT2D eigenvalue weighted by Gasteiger charge is -2.44. The van der Waals surface area contributed by atoms with Crippen molar-refractivity contribution in [1.29, 1.82) is 0 Å². The van der Waals surface area contributed by atoms with Gasteiger partial charge in [-0.15, -0.1) is 0 Å². The van der Waals surface area contributed by atoms with Gasteiger partial charge in [-0.3, -0.25) is 15.0 Å². The van der Waals surface area contributed by atoms with Crippen LogP contribution < -0.4 is 4.90 Å². The summed E-state index contributed by atoms with van der Waals surface area (Å²) in [5, 5.41) is 11.1. The number of nitro groups is 1. The van der Waals surface area contributed by atoms with E-state index in [0.717, 1.165) is 38.7 Å². The first kappa shape index (κ1) is 13.3. The first-order valence-electron chi connectivity index (χ1n) is 7.08. The number of benzene rings is 1. The predicted molar refractivity (Wildman–Crippen MR) is 74.5 cm³/mol. The van der Waals surface area contributed by atoms with E-state index in [1.165, 1.54) is 12.8 Å². The highest BCUT2D eigenvalue weighted by Gasteiger charge is 2.32. The number of para-hydroxylation sites is 1. The molecule has 0 aliphatic carbocycles. The van der Waals surface area contributed by atoms with E-state index in [1.54, 1.807) is 12.1 Å². The largest absolute Gasteiger partial charge is 0.363 e. The molecular weight excluding hydrogens is 261 g/mol. The Kier molecular flexibility index (Phi) is 3.56. The quantitative estimate of drug-likeness (QED) is 0.616. The van der Waals surface area contributed by atoms with Gasteiger partial charge in [0.1, 0.15) is 5.69 Å². The Balaban J connectivity index is 1.86. The van der Waals surface area contributed by atoms with Gasteiger partial charge in [0.25, 0.3) is 0 Å². The molecule has 0 spiro atoms. The fourth-order valence-electron chi connectivity index (χ4n) is 3.31. The molecule has 1 aromatic carbocycles. The van der Waals surface area contributed by atoms with Crippen LogP contribution in [0.2, 0.25) is 0 Å². The zero-order chi connectivity index (χ0) is 14.1. The highest BCUT2D eigenvalue weighted by Crippen LogP contribution is 2.33. The molecule has 20 heavy (non-hydrogen) atoms. The molecule has 1 atom stereocenters. The zero-order valence-electron chi connectivity index (χ0n) is 11.3. The van der Waals surface area contributed by atoms with Gasteiger partial charge in [0.05, 0.1) is 4.92 Å². The fraction of sp³-hybridized carbons (Fsp3) is 0.571. The van der Waals surface area contributed by atoms with Gasteiger partial charge in [-0.25, -0.2) is 0 Å². The van der Waals surface area contributed by atoms with Crippen LogP contribution in [0.25, 0.3) is 0 Å². The minimum Gasteiger partial charge on any atom is -0.363 e. The summed E-state index contributed by atoms with van der Waals surface area (Å²) in [6.45, 7) is 3.49. The Hall–Kier alpha value is -1.69. The van der Waals surface area contributed by atoms with Crippen LogP contribution in [0.15, 0.2) is 18.2 Å². The Labute approximate surface area is 117 Å². The fourth-order valence-corrected chi connectivity index (χ4v) is 3.31. The molecule has 2 aliphatic rings. The minimum atomic E-state index is -0.751. The summed E-state index contributed by atoms with van der Waals surface area (Å²) >= 11 is 0. The molecule has 0 unspecified atom stereocenters. The van der Waals surface area contributed by atoms with E-state index in [4.69, 9.17) is 0 Å². The van der Waals surface area contributed by atoms with Crippen molar-refractivity contribution in [3.05, 3.63) is 34.1 Å². The molecule has 0 N–H and O–H groups in total. The van der Waals surface area contributed by atoms with E-state index in [-0.39, 0.29) is 0 Å². The maximum absolute atomic E-state index is 13.7. The van der Waals surface area contributed by atoms with Gasteiger partial charge in [0.15, 0.2) is 0 Å². The van der Waals surface area contributed by atoms with E-state index in [9.17, 15) is 14.5 Å². The summed E-state index contributed by atoms with van der Waals surface area (Å²) in [5.41, 5.74) is 0.0250. The van der Waals surface area contributed by atoms with Gasteiger partial charge < -0.3 is 4.90 Å². The summed E-state index contributed by atoms with van der Waals surface area (Å²) in [5.74, 6) is -0.751. The second-order valence-electron chi connectivity index (χ2n) is 5.50. The maximum Gasteiger partial charge on any atom is 0.327 e. The molecule has 5 nitrogen and oxygen atoms in total. The van der Waals surface area contributed by atoms with Crippen molar-refractivity contribution in [2.45, 2.75) is 25.3 Å². The number of hydrogen-bond donors (Lipinski definition) is 0. The van der Waals surface area contributed by atoms with E-state index >= 15 is 0 Å². The first-order chi connectivity index (χ1) is 9.66. The van der Waals surface area contributed by atoms with Gasteiger partial charge in [-0.05, 0) is 31.5 Å². The lowest BCUT2D eigenvalue weighted by atomic mass is 9.99. The number of anilines is 1. The van der Waals surface area contributed by atoms with Crippen molar-refractivity contribution in [3.63, 3.8) is 0 Å². The van der Waals surface area contributed by atoms with Crippen LogP contribution >= 0.6 is 0 Å². The molecule has 6 heteroatoms. The summed E-state index contributed by atoms with van der Waals surface area (Å²) < 4.78 is 13.7. The Morgan fingerprint density at radius 1 is 1.25 bits per heavy atom. The smallest absolute Gasteiger partial charge is 0.327 e. The van der Waals surface area contributed by atoms with E-state index in [0.29, 0.717) is 11.7 Å². The van der Waals surface area contributed by atoms with Gasteiger partial charge in [0.2, 0.25) is 5.82 Å². The average molecular weight is 279 g/mol. The summed E-state index contributed by atoms with van der Waals surface area (Å²) in [6, 6.07) is 4.80. The number of piperazine rings is 1. The minimum absolute atomic E-state index is 0.392. The Morgan fingerprint density at radius 3 is 2.90 bits per heavy atom. The van der Waals surface area contributed by atoms with Crippen molar-refractivity contribution >= 4 is 11.4 Å². The Bertz CT molecular complexity index is 523. The molecule has 0 radical (unpaired) electrons. The normalized spacial score (nSPS) is 23.4. The van der Waals surface area contributed by atoms with Crippen molar-refractivity contribution in [1.82, 2.24) is 4.90 Å². The van der Waals surface area contributed by atoms with E-state index in [2.05, 4.69) is 4.90 Å². The number of halogens is 1. The molecule has 2 aliphatic heterocycles. The number of piperidine rings is 1. The highest BCUT2D eigenvalue weighted by atomic mass is 19.1. The average Bonchev–Trinajstić information content (AvgIpc) is 2.46. The second-order valence-corrected chi connectivity index (χ2v) is 5.50. The van der Waals surface area contributed by atoms with Crippen molar-refractivity contribution in [2.75, 3.05) is 31.1 Å². The number of nitrogens with zero attached hydrogens (tertiary/aromatic N) is 3.